The molecule has 1 aromatic rings. The van der Waals surface area contributed by atoms with Gasteiger partial charge in [0.2, 0.25) is 0 Å². The van der Waals surface area contributed by atoms with Gasteiger partial charge in [0, 0.05) is 32.7 Å². The normalized spacial score (nSPS) is 11.1. The summed E-state index contributed by atoms with van der Waals surface area (Å²) in [6.45, 7) is 3.34. The molecule has 0 unspecified atom stereocenters. The third-order valence-electron chi connectivity index (χ3n) is 3.03. The van der Waals surface area contributed by atoms with E-state index >= 15 is 0 Å². The summed E-state index contributed by atoms with van der Waals surface area (Å²) >= 11 is 0. The lowest BCUT2D eigenvalue weighted by Gasteiger charge is -2.22. The molecule has 0 bridgehead atoms. The van der Waals surface area contributed by atoms with Crippen molar-refractivity contribution in [3.8, 4) is 6.07 Å². The summed E-state index contributed by atoms with van der Waals surface area (Å²) in [6, 6.07) is 6.36. The van der Waals surface area contributed by atoms with Crippen molar-refractivity contribution in [2.75, 3.05) is 20.6 Å². The molecule has 0 heterocycles. The molecule has 108 valence electrons. The lowest BCUT2D eigenvalue weighted by atomic mass is 10.1. The van der Waals surface area contributed by atoms with Crippen molar-refractivity contribution in [1.29, 1.82) is 5.26 Å². The third kappa shape index (κ3) is 4.54. The van der Waals surface area contributed by atoms with Crippen LogP contribution in [0.3, 0.4) is 0 Å². The van der Waals surface area contributed by atoms with Crippen LogP contribution in [0.25, 0.3) is 0 Å². The molecule has 0 aromatic heterocycles. The predicted molar refractivity (Wildman–Crippen MR) is 78.9 cm³/mol. The number of benzene rings is 1. The molecule has 0 spiro atoms. The van der Waals surface area contributed by atoms with E-state index in [9.17, 15) is 4.39 Å². The van der Waals surface area contributed by atoms with Crippen LogP contribution in [0.4, 0.5) is 4.39 Å². The second kappa shape index (κ2) is 8.16. The smallest absolute Gasteiger partial charge is 0.193 e. The molecular formula is C15H21FN4. The molecule has 1 rings (SSSR count). The molecule has 4 nitrogen and oxygen atoms in total. The standard InChI is InChI=1S/C15H21FN4/c1-4-5-8-20(3)15(18-2)19-11-13-9-12(10-17)6-7-14(13)16/h6-7,9H,4-5,8,11H2,1-3H3,(H,18,19). The molecule has 5 heteroatoms. The minimum atomic E-state index is -0.317. The van der Waals surface area contributed by atoms with E-state index in [0.717, 1.165) is 25.3 Å². The molecule has 0 aliphatic carbocycles. The van der Waals surface area contributed by atoms with E-state index in [1.165, 1.54) is 12.1 Å². The van der Waals surface area contributed by atoms with E-state index in [4.69, 9.17) is 5.26 Å². The van der Waals surface area contributed by atoms with E-state index in [1.807, 2.05) is 18.0 Å². The zero-order valence-electron chi connectivity index (χ0n) is 12.3. The van der Waals surface area contributed by atoms with Crippen LogP contribution in [0.15, 0.2) is 23.2 Å². The second-order valence-corrected chi connectivity index (χ2v) is 4.59. The number of nitriles is 1. The molecular weight excluding hydrogens is 255 g/mol. The Balaban J connectivity index is 2.68. The van der Waals surface area contributed by atoms with Crippen molar-refractivity contribution < 1.29 is 4.39 Å². The lowest BCUT2D eigenvalue weighted by molar-refractivity contribution is 0.463. The first kappa shape index (κ1) is 16.0. The number of unbranched alkanes of at least 4 members (excludes halogenated alkanes) is 1. The van der Waals surface area contributed by atoms with Crippen LogP contribution in [0.5, 0.6) is 0 Å². The maximum Gasteiger partial charge on any atom is 0.193 e. The first-order chi connectivity index (χ1) is 9.62. The molecule has 0 aliphatic heterocycles. The fourth-order valence-corrected chi connectivity index (χ4v) is 1.84. The van der Waals surface area contributed by atoms with Crippen molar-refractivity contribution in [3.63, 3.8) is 0 Å². The van der Waals surface area contributed by atoms with Crippen LogP contribution < -0.4 is 5.32 Å². The highest BCUT2D eigenvalue weighted by molar-refractivity contribution is 5.79. The van der Waals surface area contributed by atoms with Crippen molar-refractivity contribution in [2.45, 2.75) is 26.3 Å². The maximum atomic E-state index is 13.7. The summed E-state index contributed by atoms with van der Waals surface area (Å²) in [5, 5.41) is 12.0. The van der Waals surface area contributed by atoms with E-state index in [0.29, 0.717) is 17.7 Å². The van der Waals surface area contributed by atoms with Crippen molar-refractivity contribution in [1.82, 2.24) is 10.2 Å². The van der Waals surface area contributed by atoms with Crippen LogP contribution in [0.2, 0.25) is 0 Å². The van der Waals surface area contributed by atoms with Crippen LogP contribution in [-0.2, 0) is 6.54 Å². The molecule has 0 saturated carbocycles. The van der Waals surface area contributed by atoms with Gasteiger partial charge in [-0.2, -0.15) is 5.26 Å². The Kier molecular flexibility index (Phi) is 6.51. The van der Waals surface area contributed by atoms with Gasteiger partial charge in [0.05, 0.1) is 11.6 Å². The average Bonchev–Trinajstić information content (AvgIpc) is 2.47. The van der Waals surface area contributed by atoms with E-state index in [-0.39, 0.29) is 5.82 Å². The Hall–Kier alpha value is -2.09. The highest BCUT2D eigenvalue weighted by Crippen LogP contribution is 2.10. The first-order valence-corrected chi connectivity index (χ1v) is 6.72. The second-order valence-electron chi connectivity index (χ2n) is 4.59. The summed E-state index contributed by atoms with van der Waals surface area (Å²) in [5.41, 5.74) is 0.923. The van der Waals surface area contributed by atoms with Gasteiger partial charge >= 0.3 is 0 Å². The van der Waals surface area contributed by atoms with Gasteiger partial charge in [0.1, 0.15) is 5.82 Å². The topological polar surface area (TPSA) is 51.4 Å². The number of hydrogen-bond acceptors (Lipinski definition) is 2. The van der Waals surface area contributed by atoms with Gasteiger partial charge in [-0.1, -0.05) is 13.3 Å². The molecule has 1 aromatic carbocycles. The highest BCUT2D eigenvalue weighted by Gasteiger charge is 2.08. The van der Waals surface area contributed by atoms with Crippen molar-refractivity contribution in [3.05, 3.63) is 35.1 Å². The predicted octanol–water partition coefficient (Wildman–Crippen LogP) is 2.50. The summed E-state index contributed by atoms with van der Waals surface area (Å²) in [5.74, 6) is 0.406. The van der Waals surface area contributed by atoms with E-state index < -0.39 is 0 Å². The minimum absolute atomic E-state index is 0.310. The molecule has 0 aliphatic rings. The Morgan fingerprint density at radius 2 is 2.25 bits per heavy atom. The van der Waals surface area contributed by atoms with Crippen LogP contribution in [0.1, 0.15) is 30.9 Å². The Labute approximate surface area is 119 Å². The highest BCUT2D eigenvalue weighted by atomic mass is 19.1. The SMILES string of the molecule is CCCCN(C)C(=NC)NCc1cc(C#N)ccc1F. The maximum absolute atomic E-state index is 13.7. The lowest BCUT2D eigenvalue weighted by Crippen LogP contribution is -2.39. The largest absolute Gasteiger partial charge is 0.352 e. The number of nitrogens with zero attached hydrogens (tertiary/aromatic N) is 3. The minimum Gasteiger partial charge on any atom is -0.352 e. The molecule has 0 radical (unpaired) electrons. The van der Waals surface area contributed by atoms with E-state index in [2.05, 4.69) is 17.2 Å². The quantitative estimate of drug-likeness (QED) is 0.664. The van der Waals surface area contributed by atoms with Gasteiger partial charge in [-0.15, -0.1) is 0 Å². The van der Waals surface area contributed by atoms with Gasteiger partial charge in [-0.05, 0) is 24.6 Å². The van der Waals surface area contributed by atoms with Crippen LogP contribution >= 0.6 is 0 Å². The number of guanidine groups is 1. The Bertz CT molecular complexity index is 505. The number of aliphatic imine (C=N–C) groups is 1. The average molecular weight is 276 g/mol. The Morgan fingerprint density at radius 1 is 1.50 bits per heavy atom. The fraction of sp³-hybridized carbons (Fsp3) is 0.467. The molecule has 1 N–H and O–H groups in total. The molecule has 0 atom stereocenters. The van der Waals surface area contributed by atoms with Gasteiger partial charge in [0.25, 0.3) is 0 Å². The molecule has 0 fully saturated rings. The van der Waals surface area contributed by atoms with E-state index in [1.54, 1.807) is 13.1 Å². The third-order valence-corrected chi connectivity index (χ3v) is 3.03. The molecule has 0 amide bonds. The first-order valence-electron chi connectivity index (χ1n) is 6.72. The fourth-order valence-electron chi connectivity index (χ4n) is 1.84. The summed E-state index contributed by atoms with van der Waals surface area (Å²) in [7, 11) is 3.65. The summed E-state index contributed by atoms with van der Waals surface area (Å²) < 4.78 is 13.7. The van der Waals surface area contributed by atoms with Gasteiger partial charge < -0.3 is 10.2 Å². The van der Waals surface area contributed by atoms with Crippen molar-refractivity contribution in [2.24, 2.45) is 4.99 Å². The number of halogens is 1. The van der Waals surface area contributed by atoms with Crippen LogP contribution in [-0.4, -0.2) is 31.5 Å². The van der Waals surface area contributed by atoms with Crippen LogP contribution in [0, 0.1) is 17.1 Å². The molecule has 0 saturated heterocycles. The zero-order chi connectivity index (χ0) is 15.0. The van der Waals surface area contributed by atoms with Gasteiger partial charge in [0.15, 0.2) is 5.96 Å². The van der Waals surface area contributed by atoms with Crippen molar-refractivity contribution >= 4 is 5.96 Å². The Morgan fingerprint density at radius 3 is 2.85 bits per heavy atom. The summed E-state index contributed by atoms with van der Waals surface area (Å²) in [4.78, 5) is 6.18. The number of hydrogen-bond donors (Lipinski definition) is 1. The number of nitrogens with one attached hydrogen (secondary N) is 1. The molecule has 20 heavy (non-hydrogen) atoms. The summed E-state index contributed by atoms with van der Waals surface area (Å²) in [6.07, 6.45) is 2.19. The monoisotopic (exact) mass is 276 g/mol. The zero-order valence-corrected chi connectivity index (χ0v) is 12.3. The number of rotatable bonds is 5. The van der Waals surface area contributed by atoms with Gasteiger partial charge in [-0.3, -0.25) is 4.99 Å². The van der Waals surface area contributed by atoms with Gasteiger partial charge in [-0.25, -0.2) is 4.39 Å².